The van der Waals surface area contributed by atoms with Gasteiger partial charge in [-0.05, 0) is 19.1 Å². The van der Waals surface area contributed by atoms with Crippen molar-refractivity contribution in [2.24, 2.45) is 0 Å². The van der Waals surface area contributed by atoms with Crippen LogP contribution in [0, 0.1) is 6.92 Å². The van der Waals surface area contributed by atoms with E-state index in [9.17, 15) is 0 Å². The molecule has 90 valence electrons. The van der Waals surface area contributed by atoms with E-state index in [0.29, 0.717) is 5.69 Å². The highest BCUT2D eigenvalue weighted by molar-refractivity contribution is 7.09. The summed E-state index contributed by atoms with van der Waals surface area (Å²) >= 11 is 1.66. The van der Waals surface area contributed by atoms with Crippen molar-refractivity contribution in [3.05, 3.63) is 40.1 Å². The Hall–Kier alpha value is -1.46. The van der Waals surface area contributed by atoms with Crippen LogP contribution >= 0.6 is 11.3 Å². The van der Waals surface area contributed by atoms with Gasteiger partial charge in [-0.2, -0.15) is 0 Å². The van der Waals surface area contributed by atoms with Crippen molar-refractivity contribution in [1.82, 2.24) is 9.97 Å². The molecule has 0 atom stereocenters. The van der Waals surface area contributed by atoms with Gasteiger partial charge in [0.25, 0.3) is 0 Å². The highest BCUT2D eigenvalue weighted by Gasteiger charge is 2.07. The van der Waals surface area contributed by atoms with Gasteiger partial charge >= 0.3 is 0 Å². The SMILES string of the molecule is Cc1ncsc1CN(C)c1ccnc(CO)c1. The Kier molecular flexibility index (Phi) is 3.71. The van der Waals surface area contributed by atoms with Gasteiger partial charge in [-0.25, -0.2) is 4.98 Å². The van der Waals surface area contributed by atoms with Crippen molar-refractivity contribution in [1.29, 1.82) is 0 Å². The number of aryl methyl sites for hydroxylation is 1. The highest BCUT2D eigenvalue weighted by Crippen LogP contribution is 2.19. The molecule has 5 heteroatoms. The van der Waals surface area contributed by atoms with E-state index in [1.165, 1.54) is 4.88 Å². The molecule has 2 heterocycles. The summed E-state index contributed by atoms with van der Waals surface area (Å²) in [5.74, 6) is 0. The van der Waals surface area contributed by atoms with E-state index in [4.69, 9.17) is 5.11 Å². The molecule has 0 radical (unpaired) electrons. The lowest BCUT2D eigenvalue weighted by Gasteiger charge is -2.19. The number of rotatable bonds is 4. The van der Waals surface area contributed by atoms with Gasteiger partial charge in [0.1, 0.15) is 0 Å². The molecule has 0 aromatic carbocycles. The van der Waals surface area contributed by atoms with E-state index in [1.54, 1.807) is 17.5 Å². The average Bonchev–Trinajstić information content (AvgIpc) is 2.75. The van der Waals surface area contributed by atoms with E-state index >= 15 is 0 Å². The maximum atomic E-state index is 9.06. The van der Waals surface area contributed by atoms with Gasteiger partial charge in [-0.1, -0.05) is 0 Å². The standard InChI is InChI=1S/C12H15N3OS/c1-9-12(17-8-14-9)6-15(2)11-3-4-13-10(5-11)7-16/h3-5,8,16H,6-7H2,1-2H3. The van der Waals surface area contributed by atoms with Gasteiger partial charge in [0.15, 0.2) is 0 Å². The van der Waals surface area contributed by atoms with Crippen LogP contribution in [0.3, 0.4) is 0 Å². The summed E-state index contributed by atoms with van der Waals surface area (Å²) in [4.78, 5) is 11.7. The van der Waals surface area contributed by atoms with E-state index in [-0.39, 0.29) is 6.61 Å². The summed E-state index contributed by atoms with van der Waals surface area (Å²) in [6.45, 7) is 2.82. The molecule has 17 heavy (non-hydrogen) atoms. The van der Waals surface area contributed by atoms with Gasteiger partial charge in [0.2, 0.25) is 0 Å². The molecule has 2 aromatic rings. The molecule has 0 fully saturated rings. The summed E-state index contributed by atoms with van der Waals surface area (Å²) < 4.78 is 0. The summed E-state index contributed by atoms with van der Waals surface area (Å²) in [5.41, 5.74) is 4.69. The van der Waals surface area contributed by atoms with Crippen LogP contribution in [0.15, 0.2) is 23.8 Å². The lowest BCUT2D eigenvalue weighted by Crippen LogP contribution is -2.16. The van der Waals surface area contributed by atoms with Crippen molar-refractivity contribution in [2.45, 2.75) is 20.1 Å². The lowest BCUT2D eigenvalue weighted by atomic mass is 10.3. The Balaban J connectivity index is 2.14. The summed E-state index contributed by atoms with van der Waals surface area (Å²) in [7, 11) is 2.02. The number of thiazole rings is 1. The third-order valence-electron chi connectivity index (χ3n) is 2.63. The molecule has 0 bridgehead atoms. The number of pyridine rings is 1. The van der Waals surface area contributed by atoms with Crippen molar-refractivity contribution >= 4 is 17.0 Å². The van der Waals surface area contributed by atoms with Gasteiger partial charge < -0.3 is 10.0 Å². The lowest BCUT2D eigenvalue weighted by molar-refractivity contribution is 0.277. The zero-order valence-electron chi connectivity index (χ0n) is 9.92. The molecule has 0 saturated carbocycles. The third kappa shape index (κ3) is 2.81. The largest absolute Gasteiger partial charge is 0.390 e. The molecule has 0 aliphatic carbocycles. The number of anilines is 1. The van der Waals surface area contributed by atoms with Crippen LogP contribution in [-0.2, 0) is 13.2 Å². The van der Waals surface area contributed by atoms with Crippen LogP contribution in [0.1, 0.15) is 16.3 Å². The average molecular weight is 249 g/mol. The van der Waals surface area contributed by atoms with Crippen LogP contribution < -0.4 is 4.90 Å². The van der Waals surface area contributed by atoms with Gasteiger partial charge in [-0.15, -0.1) is 11.3 Å². The van der Waals surface area contributed by atoms with Gasteiger partial charge in [0.05, 0.1) is 30.1 Å². The number of aliphatic hydroxyl groups excluding tert-OH is 1. The molecule has 0 saturated heterocycles. The maximum Gasteiger partial charge on any atom is 0.0853 e. The second-order valence-electron chi connectivity index (χ2n) is 3.88. The van der Waals surface area contributed by atoms with Crippen LogP contribution in [0.5, 0.6) is 0 Å². The van der Waals surface area contributed by atoms with Gasteiger partial charge in [-0.3, -0.25) is 4.98 Å². The molecule has 0 amide bonds. The Morgan fingerprint density at radius 1 is 1.41 bits per heavy atom. The first-order chi connectivity index (χ1) is 8.20. The Morgan fingerprint density at radius 3 is 2.88 bits per heavy atom. The monoisotopic (exact) mass is 249 g/mol. The zero-order valence-corrected chi connectivity index (χ0v) is 10.7. The molecular weight excluding hydrogens is 234 g/mol. The fourth-order valence-electron chi connectivity index (χ4n) is 1.57. The first-order valence-electron chi connectivity index (χ1n) is 5.36. The molecule has 2 aromatic heterocycles. The van der Waals surface area contributed by atoms with Crippen molar-refractivity contribution in [3.8, 4) is 0 Å². The van der Waals surface area contributed by atoms with Crippen molar-refractivity contribution in [2.75, 3.05) is 11.9 Å². The zero-order chi connectivity index (χ0) is 12.3. The normalized spacial score (nSPS) is 10.5. The fourth-order valence-corrected chi connectivity index (χ4v) is 2.40. The third-order valence-corrected chi connectivity index (χ3v) is 3.55. The summed E-state index contributed by atoms with van der Waals surface area (Å²) in [5, 5.41) is 9.06. The number of aromatic nitrogens is 2. The predicted molar refractivity (Wildman–Crippen MR) is 69.1 cm³/mol. The van der Waals surface area contributed by atoms with Crippen LogP contribution in [0.25, 0.3) is 0 Å². The topological polar surface area (TPSA) is 49.2 Å². The number of aliphatic hydroxyl groups is 1. The molecule has 0 aliphatic rings. The van der Waals surface area contributed by atoms with Crippen molar-refractivity contribution in [3.63, 3.8) is 0 Å². The van der Waals surface area contributed by atoms with E-state index in [1.807, 2.05) is 31.6 Å². The van der Waals surface area contributed by atoms with Crippen LogP contribution in [0.4, 0.5) is 5.69 Å². The minimum absolute atomic E-state index is 0.0265. The van der Waals surface area contributed by atoms with E-state index in [2.05, 4.69) is 14.9 Å². The molecule has 0 aliphatic heterocycles. The quantitative estimate of drug-likeness (QED) is 0.900. The highest BCUT2D eigenvalue weighted by atomic mass is 32.1. The van der Waals surface area contributed by atoms with Crippen LogP contribution in [-0.4, -0.2) is 22.1 Å². The van der Waals surface area contributed by atoms with Crippen LogP contribution in [0.2, 0.25) is 0 Å². The molecule has 0 unspecified atom stereocenters. The fraction of sp³-hybridized carbons (Fsp3) is 0.333. The Bertz CT molecular complexity index is 498. The van der Waals surface area contributed by atoms with E-state index < -0.39 is 0 Å². The summed E-state index contributed by atoms with van der Waals surface area (Å²) in [6.07, 6.45) is 1.72. The second kappa shape index (κ2) is 5.25. The molecule has 4 nitrogen and oxygen atoms in total. The Morgan fingerprint density at radius 2 is 2.24 bits per heavy atom. The number of nitrogens with zero attached hydrogens (tertiary/aromatic N) is 3. The minimum atomic E-state index is -0.0265. The first kappa shape index (κ1) is 12.0. The van der Waals surface area contributed by atoms with Crippen molar-refractivity contribution < 1.29 is 5.11 Å². The maximum absolute atomic E-state index is 9.06. The molecule has 1 N–H and O–H groups in total. The van der Waals surface area contributed by atoms with E-state index in [0.717, 1.165) is 17.9 Å². The molecular formula is C12H15N3OS. The molecule has 2 rings (SSSR count). The number of hydrogen-bond donors (Lipinski definition) is 1. The Labute approximate surface area is 105 Å². The predicted octanol–water partition coefficient (Wildman–Crippen LogP) is 1.98. The first-order valence-corrected chi connectivity index (χ1v) is 6.24. The van der Waals surface area contributed by atoms with Gasteiger partial charge in [0, 0.05) is 23.8 Å². The number of hydrogen-bond acceptors (Lipinski definition) is 5. The minimum Gasteiger partial charge on any atom is -0.390 e. The smallest absolute Gasteiger partial charge is 0.0853 e. The molecule has 0 spiro atoms. The summed E-state index contributed by atoms with van der Waals surface area (Å²) in [6, 6.07) is 3.84. The second-order valence-corrected chi connectivity index (χ2v) is 4.82.